The standard InChI is InChI=1S/C20H13F3N2O2/c21-20(22,23)15-7-8-17-24-19(16(10-18(26)27)25(17)11-15)14-6-5-12-3-1-2-4-13(12)9-14/h1-9,11H,10H2,(H,26,27). The van der Waals surface area contributed by atoms with E-state index in [-0.39, 0.29) is 11.3 Å². The molecule has 0 amide bonds. The van der Waals surface area contributed by atoms with E-state index >= 15 is 0 Å². The molecule has 2 aromatic carbocycles. The average Bonchev–Trinajstić information content (AvgIpc) is 2.98. The Morgan fingerprint density at radius 2 is 1.78 bits per heavy atom. The summed E-state index contributed by atoms with van der Waals surface area (Å²) in [6, 6.07) is 15.3. The molecule has 4 rings (SSSR count). The summed E-state index contributed by atoms with van der Waals surface area (Å²) in [5.41, 5.74) is 0.634. The van der Waals surface area contributed by atoms with Crippen LogP contribution < -0.4 is 0 Å². The molecule has 4 nitrogen and oxygen atoms in total. The van der Waals surface area contributed by atoms with Gasteiger partial charge in [0.1, 0.15) is 5.65 Å². The van der Waals surface area contributed by atoms with E-state index in [1.165, 1.54) is 10.5 Å². The highest BCUT2D eigenvalue weighted by Crippen LogP contribution is 2.32. The number of fused-ring (bicyclic) bond motifs is 2. The lowest BCUT2D eigenvalue weighted by molar-refractivity contribution is -0.138. The number of alkyl halides is 3. The van der Waals surface area contributed by atoms with Gasteiger partial charge in [-0.2, -0.15) is 13.2 Å². The van der Waals surface area contributed by atoms with E-state index in [0.29, 0.717) is 11.3 Å². The molecular formula is C20H13F3N2O2. The number of halogens is 3. The molecule has 0 fully saturated rings. The predicted octanol–water partition coefficient (Wildman–Crippen LogP) is 4.80. The molecule has 0 saturated carbocycles. The highest BCUT2D eigenvalue weighted by atomic mass is 19.4. The zero-order chi connectivity index (χ0) is 19.2. The van der Waals surface area contributed by atoms with Crippen molar-refractivity contribution < 1.29 is 23.1 Å². The minimum atomic E-state index is -4.53. The van der Waals surface area contributed by atoms with Crippen LogP contribution in [0, 0.1) is 0 Å². The number of aliphatic carboxylic acids is 1. The number of aromatic nitrogens is 2. The number of carboxylic acid groups (broad SMARTS) is 1. The molecule has 0 aliphatic heterocycles. The van der Waals surface area contributed by atoms with Crippen LogP contribution in [0.1, 0.15) is 11.3 Å². The van der Waals surface area contributed by atoms with Gasteiger partial charge in [-0.3, -0.25) is 4.79 Å². The minimum absolute atomic E-state index is 0.207. The molecule has 136 valence electrons. The third-order valence-electron chi connectivity index (χ3n) is 4.39. The first-order chi connectivity index (χ1) is 12.8. The quantitative estimate of drug-likeness (QED) is 0.564. The summed E-state index contributed by atoms with van der Waals surface area (Å²) in [5, 5.41) is 11.2. The molecule has 0 saturated heterocycles. The van der Waals surface area contributed by atoms with Crippen molar-refractivity contribution in [3.8, 4) is 11.3 Å². The Morgan fingerprint density at radius 1 is 1.04 bits per heavy atom. The number of hydrogen-bond donors (Lipinski definition) is 1. The monoisotopic (exact) mass is 370 g/mol. The molecular weight excluding hydrogens is 357 g/mol. The van der Waals surface area contributed by atoms with Crippen molar-refractivity contribution in [2.45, 2.75) is 12.6 Å². The van der Waals surface area contributed by atoms with Gasteiger partial charge in [-0.15, -0.1) is 0 Å². The van der Waals surface area contributed by atoms with Crippen molar-refractivity contribution in [2.24, 2.45) is 0 Å². The van der Waals surface area contributed by atoms with Gasteiger partial charge in [0.2, 0.25) is 0 Å². The largest absolute Gasteiger partial charge is 0.481 e. The number of carboxylic acids is 1. The van der Waals surface area contributed by atoms with Crippen molar-refractivity contribution in [3.63, 3.8) is 0 Å². The molecule has 2 aromatic heterocycles. The second-order valence-corrected chi connectivity index (χ2v) is 6.18. The Kier molecular flexibility index (Phi) is 3.87. The average molecular weight is 370 g/mol. The topological polar surface area (TPSA) is 54.6 Å². The Hall–Kier alpha value is -3.35. The maximum atomic E-state index is 13.1. The molecule has 2 heterocycles. The lowest BCUT2D eigenvalue weighted by Crippen LogP contribution is -2.09. The maximum Gasteiger partial charge on any atom is 0.417 e. The van der Waals surface area contributed by atoms with E-state index < -0.39 is 24.1 Å². The van der Waals surface area contributed by atoms with E-state index in [1.54, 1.807) is 6.07 Å². The Morgan fingerprint density at radius 3 is 2.48 bits per heavy atom. The summed E-state index contributed by atoms with van der Waals surface area (Å²) >= 11 is 0. The molecule has 7 heteroatoms. The Bertz CT molecular complexity index is 1180. The van der Waals surface area contributed by atoms with Gasteiger partial charge in [0.25, 0.3) is 0 Å². The fourth-order valence-corrected chi connectivity index (χ4v) is 3.14. The number of rotatable bonds is 3. The van der Waals surface area contributed by atoms with Crippen LogP contribution in [-0.2, 0) is 17.4 Å². The molecule has 27 heavy (non-hydrogen) atoms. The fourth-order valence-electron chi connectivity index (χ4n) is 3.14. The molecule has 4 aromatic rings. The summed E-state index contributed by atoms with van der Waals surface area (Å²) in [4.78, 5) is 15.7. The second-order valence-electron chi connectivity index (χ2n) is 6.18. The Labute approximate surface area is 151 Å². The maximum absolute atomic E-state index is 13.1. The molecule has 0 radical (unpaired) electrons. The SMILES string of the molecule is O=C(O)Cc1c(-c2ccc3ccccc3c2)nc2ccc(C(F)(F)F)cn12. The van der Waals surface area contributed by atoms with Crippen LogP contribution in [0.4, 0.5) is 13.2 Å². The van der Waals surface area contributed by atoms with Gasteiger partial charge in [-0.05, 0) is 29.0 Å². The molecule has 0 aliphatic carbocycles. The van der Waals surface area contributed by atoms with Crippen LogP contribution in [0.3, 0.4) is 0 Å². The number of pyridine rings is 1. The molecule has 0 spiro atoms. The van der Waals surface area contributed by atoms with Gasteiger partial charge in [0.15, 0.2) is 0 Å². The lowest BCUT2D eigenvalue weighted by atomic mass is 10.0. The second kappa shape index (κ2) is 6.12. The van der Waals surface area contributed by atoms with Gasteiger partial charge in [0, 0.05) is 11.8 Å². The number of imidazole rings is 1. The molecule has 0 unspecified atom stereocenters. The minimum Gasteiger partial charge on any atom is -0.481 e. The lowest BCUT2D eigenvalue weighted by Gasteiger charge is -2.08. The zero-order valence-electron chi connectivity index (χ0n) is 13.9. The highest BCUT2D eigenvalue weighted by molar-refractivity contribution is 5.88. The van der Waals surface area contributed by atoms with Crippen LogP contribution in [0.25, 0.3) is 27.7 Å². The Balaban J connectivity index is 1.96. The van der Waals surface area contributed by atoms with E-state index in [9.17, 15) is 23.1 Å². The first kappa shape index (κ1) is 17.1. The molecule has 0 bridgehead atoms. The third-order valence-corrected chi connectivity index (χ3v) is 4.39. The summed E-state index contributed by atoms with van der Waals surface area (Å²) < 4.78 is 40.4. The van der Waals surface area contributed by atoms with Crippen molar-refractivity contribution in [2.75, 3.05) is 0 Å². The first-order valence-corrected chi connectivity index (χ1v) is 8.12. The van der Waals surface area contributed by atoms with Crippen molar-refractivity contribution in [1.29, 1.82) is 0 Å². The van der Waals surface area contributed by atoms with Crippen LogP contribution in [-0.4, -0.2) is 20.5 Å². The van der Waals surface area contributed by atoms with Crippen LogP contribution >= 0.6 is 0 Å². The number of nitrogens with zero attached hydrogens (tertiary/aromatic N) is 2. The van der Waals surface area contributed by atoms with Crippen molar-refractivity contribution in [1.82, 2.24) is 9.38 Å². The van der Waals surface area contributed by atoms with Crippen LogP contribution in [0.5, 0.6) is 0 Å². The van der Waals surface area contributed by atoms with Gasteiger partial charge in [0.05, 0.1) is 23.4 Å². The van der Waals surface area contributed by atoms with Gasteiger partial charge < -0.3 is 9.51 Å². The zero-order valence-corrected chi connectivity index (χ0v) is 13.9. The number of hydrogen-bond acceptors (Lipinski definition) is 2. The summed E-state index contributed by atoms with van der Waals surface area (Å²) in [6.07, 6.45) is -4.07. The smallest absolute Gasteiger partial charge is 0.417 e. The third kappa shape index (κ3) is 3.12. The van der Waals surface area contributed by atoms with E-state index in [4.69, 9.17) is 0 Å². The van der Waals surface area contributed by atoms with Crippen molar-refractivity contribution >= 4 is 22.4 Å². The van der Waals surface area contributed by atoms with Crippen LogP contribution in [0.15, 0.2) is 60.8 Å². The normalized spacial score (nSPS) is 12.0. The molecule has 1 N–H and O–H groups in total. The van der Waals surface area contributed by atoms with E-state index in [2.05, 4.69) is 4.98 Å². The van der Waals surface area contributed by atoms with Gasteiger partial charge >= 0.3 is 12.1 Å². The fraction of sp³-hybridized carbons (Fsp3) is 0.100. The van der Waals surface area contributed by atoms with Crippen LogP contribution in [0.2, 0.25) is 0 Å². The number of carbonyl (C=O) groups is 1. The predicted molar refractivity (Wildman–Crippen MR) is 94.5 cm³/mol. The molecule has 0 aliphatic rings. The first-order valence-electron chi connectivity index (χ1n) is 8.12. The summed E-state index contributed by atoms with van der Waals surface area (Å²) in [7, 11) is 0. The van der Waals surface area contributed by atoms with Gasteiger partial charge in [-0.1, -0.05) is 36.4 Å². The van der Waals surface area contributed by atoms with E-state index in [1.807, 2.05) is 36.4 Å². The van der Waals surface area contributed by atoms with Crippen molar-refractivity contribution in [3.05, 3.63) is 72.1 Å². The number of benzene rings is 2. The molecule has 0 atom stereocenters. The van der Waals surface area contributed by atoms with Gasteiger partial charge in [-0.25, -0.2) is 4.98 Å². The van der Waals surface area contributed by atoms with E-state index in [0.717, 1.165) is 23.0 Å². The highest BCUT2D eigenvalue weighted by Gasteiger charge is 2.31. The summed E-state index contributed by atoms with van der Waals surface area (Å²) in [6.45, 7) is 0. The summed E-state index contributed by atoms with van der Waals surface area (Å²) in [5.74, 6) is -1.14.